The van der Waals surface area contributed by atoms with E-state index < -0.39 is 17.5 Å². The number of carbonyl (C=O) groups is 1. The van der Waals surface area contributed by atoms with Gasteiger partial charge in [-0.25, -0.2) is 13.8 Å². The summed E-state index contributed by atoms with van der Waals surface area (Å²) >= 11 is 0. The Morgan fingerprint density at radius 2 is 1.90 bits per heavy atom. The van der Waals surface area contributed by atoms with Crippen LogP contribution in [-0.2, 0) is 0 Å². The van der Waals surface area contributed by atoms with Gasteiger partial charge in [0, 0.05) is 36.2 Å². The molecule has 152 valence electrons. The van der Waals surface area contributed by atoms with Crippen molar-refractivity contribution in [2.45, 2.75) is 37.8 Å². The molecule has 0 radical (unpaired) electrons. The number of nitrogens with two attached hydrogens (primary N) is 2. The Labute approximate surface area is 165 Å². The molecular weight excluding hydrogens is 380 g/mol. The normalized spacial score (nSPS) is 19.3. The first-order valence-electron chi connectivity index (χ1n) is 9.34. The van der Waals surface area contributed by atoms with Gasteiger partial charge in [0.05, 0.1) is 0 Å². The molecule has 10 heteroatoms. The highest BCUT2D eigenvalue weighted by Gasteiger charge is 2.25. The predicted octanol–water partition coefficient (Wildman–Crippen LogP) is 2.53. The number of hydrogen-bond donors (Lipinski definition) is 4. The fraction of sp³-hybridized carbons (Fsp3) is 0.316. The molecule has 29 heavy (non-hydrogen) atoms. The van der Waals surface area contributed by atoms with Crippen molar-refractivity contribution in [3.8, 4) is 0 Å². The van der Waals surface area contributed by atoms with Crippen molar-refractivity contribution in [3.63, 3.8) is 0 Å². The third kappa shape index (κ3) is 3.83. The van der Waals surface area contributed by atoms with Gasteiger partial charge in [-0.2, -0.15) is 4.98 Å². The average Bonchev–Trinajstić information content (AvgIpc) is 3.12. The van der Waals surface area contributed by atoms with Crippen molar-refractivity contribution in [2.24, 2.45) is 11.5 Å². The second-order valence-corrected chi connectivity index (χ2v) is 7.13. The number of primary amides is 1. The van der Waals surface area contributed by atoms with E-state index in [0.29, 0.717) is 5.95 Å². The molecule has 1 aliphatic rings. The van der Waals surface area contributed by atoms with Crippen LogP contribution in [0.15, 0.2) is 30.6 Å². The number of nitrogens with zero attached hydrogens (tertiary/aromatic N) is 3. The van der Waals surface area contributed by atoms with Crippen molar-refractivity contribution in [3.05, 3.63) is 47.8 Å². The highest BCUT2D eigenvalue weighted by molar-refractivity contribution is 6.04. The van der Waals surface area contributed by atoms with Crippen LogP contribution in [0.1, 0.15) is 36.0 Å². The van der Waals surface area contributed by atoms with E-state index in [1.807, 2.05) is 0 Å². The van der Waals surface area contributed by atoms with Gasteiger partial charge in [-0.15, -0.1) is 0 Å². The minimum absolute atomic E-state index is 0.000687. The first-order chi connectivity index (χ1) is 13.9. The Bertz CT molecular complexity index is 1050. The summed E-state index contributed by atoms with van der Waals surface area (Å²) in [5.74, 6) is -1.84. The fourth-order valence-corrected chi connectivity index (χ4v) is 3.67. The van der Waals surface area contributed by atoms with Crippen molar-refractivity contribution >= 4 is 29.0 Å². The van der Waals surface area contributed by atoms with E-state index in [1.54, 1.807) is 10.6 Å². The van der Waals surface area contributed by atoms with E-state index in [-0.39, 0.29) is 34.8 Å². The summed E-state index contributed by atoms with van der Waals surface area (Å²) in [4.78, 5) is 20.8. The lowest BCUT2D eigenvalue weighted by Crippen LogP contribution is -2.43. The van der Waals surface area contributed by atoms with E-state index in [9.17, 15) is 13.6 Å². The molecule has 1 aliphatic carbocycles. The minimum Gasteiger partial charge on any atom is -0.365 e. The molecule has 8 nitrogen and oxygen atoms in total. The molecule has 4 rings (SSSR count). The zero-order chi connectivity index (χ0) is 20.5. The third-order valence-corrected chi connectivity index (χ3v) is 5.05. The van der Waals surface area contributed by atoms with Gasteiger partial charge < -0.3 is 22.1 Å². The lowest BCUT2D eigenvalue weighted by atomic mass is 9.91. The van der Waals surface area contributed by atoms with Crippen LogP contribution in [0, 0.1) is 11.6 Å². The molecule has 1 fully saturated rings. The summed E-state index contributed by atoms with van der Waals surface area (Å²) in [6.45, 7) is 0. The molecule has 2 aromatic heterocycles. The monoisotopic (exact) mass is 401 g/mol. The van der Waals surface area contributed by atoms with Crippen molar-refractivity contribution in [1.82, 2.24) is 14.4 Å². The zero-order valence-corrected chi connectivity index (χ0v) is 15.5. The number of rotatable bonds is 5. The van der Waals surface area contributed by atoms with E-state index in [0.717, 1.165) is 43.9 Å². The quantitative estimate of drug-likeness (QED) is 0.521. The van der Waals surface area contributed by atoms with E-state index in [1.165, 1.54) is 6.20 Å². The van der Waals surface area contributed by atoms with Crippen molar-refractivity contribution in [2.75, 3.05) is 10.6 Å². The molecule has 0 spiro atoms. The number of halogens is 2. The maximum atomic E-state index is 13.6. The van der Waals surface area contributed by atoms with Crippen LogP contribution in [0.3, 0.4) is 0 Å². The first kappa shape index (κ1) is 19.1. The molecule has 2 atom stereocenters. The number of amides is 1. The topological polar surface area (TPSA) is 123 Å². The Morgan fingerprint density at radius 1 is 1.17 bits per heavy atom. The van der Waals surface area contributed by atoms with Crippen LogP contribution in [0.5, 0.6) is 0 Å². The second kappa shape index (κ2) is 7.63. The molecular formula is C19H21F2N7O. The molecule has 3 aromatic rings. The number of imidazole rings is 1. The van der Waals surface area contributed by atoms with Gasteiger partial charge in [0.2, 0.25) is 5.95 Å². The number of anilines is 3. The zero-order valence-electron chi connectivity index (χ0n) is 15.5. The van der Waals surface area contributed by atoms with E-state index >= 15 is 0 Å². The predicted molar refractivity (Wildman–Crippen MR) is 105 cm³/mol. The van der Waals surface area contributed by atoms with E-state index in [2.05, 4.69) is 20.6 Å². The minimum atomic E-state index is -0.769. The summed E-state index contributed by atoms with van der Waals surface area (Å²) < 4.78 is 28.8. The Morgan fingerprint density at radius 3 is 2.59 bits per heavy atom. The highest BCUT2D eigenvalue weighted by atomic mass is 19.1. The van der Waals surface area contributed by atoms with Gasteiger partial charge in [0.15, 0.2) is 11.5 Å². The second-order valence-electron chi connectivity index (χ2n) is 7.13. The van der Waals surface area contributed by atoms with Crippen molar-refractivity contribution < 1.29 is 13.6 Å². The van der Waals surface area contributed by atoms with Crippen molar-refractivity contribution in [1.29, 1.82) is 0 Å². The average molecular weight is 401 g/mol. The number of aromatic nitrogens is 3. The molecule has 0 bridgehead atoms. The Kier molecular flexibility index (Phi) is 5.01. The van der Waals surface area contributed by atoms with Gasteiger partial charge in [-0.05, 0) is 25.0 Å². The maximum absolute atomic E-state index is 13.6. The lowest BCUT2D eigenvalue weighted by molar-refractivity contribution is 0.100. The summed E-state index contributed by atoms with van der Waals surface area (Å²) in [6.07, 6.45) is 7.07. The SMILES string of the molecule is NC(=O)c1c(Nc2cc(F)cc(F)c2)nc(N[C@@H]2CCCC[C@@H]2N)n2ccnc12. The van der Waals surface area contributed by atoms with Crippen LogP contribution in [0.2, 0.25) is 0 Å². The van der Waals surface area contributed by atoms with Crippen LogP contribution >= 0.6 is 0 Å². The number of hydrogen-bond acceptors (Lipinski definition) is 6. The first-order valence-corrected chi connectivity index (χ1v) is 9.34. The molecule has 1 saturated carbocycles. The van der Waals surface area contributed by atoms with Gasteiger partial charge in [-0.3, -0.25) is 9.20 Å². The highest BCUT2D eigenvalue weighted by Crippen LogP contribution is 2.27. The number of fused-ring (bicyclic) bond motifs is 1. The van der Waals surface area contributed by atoms with Gasteiger partial charge >= 0.3 is 0 Å². The summed E-state index contributed by atoms with van der Waals surface area (Å²) in [5.41, 5.74) is 12.2. The summed E-state index contributed by atoms with van der Waals surface area (Å²) in [7, 11) is 0. The fourth-order valence-electron chi connectivity index (χ4n) is 3.67. The molecule has 6 N–H and O–H groups in total. The van der Waals surface area contributed by atoms with Gasteiger partial charge in [-0.1, -0.05) is 12.8 Å². The van der Waals surface area contributed by atoms with Crippen LogP contribution in [-0.4, -0.2) is 32.4 Å². The Balaban J connectivity index is 1.79. The number of carbonyl (C=O) groups excluding carboxylic acids is 1. The number of benzene rings is 1. The van der Waals surface area contributed by atoms with E-state index in [4.69, 9.17) is 11.5 Å². The van der Waals surface area contributed by atoms with Crippen LogP contribution < -0.4 is 22.1 Å². The summed E-state index contributed by atoms with van der Waals surface area (Å²) in [5, 5.41) is 6.11. The lowest BCUT2D eigenvalue weighted by Gasteiger charge is -2.30. The molecule has 0 unspecified atom stereocenters. The molecule has 1 amide bonds. The third-order valence-electron chi connectivity index (χ3n) is 5.05. The Hall–Kier alpha value is -3.27. The standard InChI is InChI=1S/C19H21F2N7O/c20-10-7-11(21)9-12(8-10)25-17-15(16(23)29)18-24-5-6-28(18)19(27-17)26-14-4-2-1-3-13(14)22/h5-9,13-14,25H,1-4,22H2,(H2,23,29)(H,26,27)/t13-,14+/m0/s1. The molecule has 2 heterocycles. The number of nitrogens with one attached hydrogen (secondary N) is 2. The van der Waals surface area contributed by atoms with Gasteiger partial charge in [0.1, 0.15) is 17.2 Å². The molecule has 1 aromatic carbocycles. The molecule has 0 saturated heterocycles. The van der Waals surface area contributed by atoms with Crippen LogP contribution in [0.25, 0.3) is 5.65 Å². The summed E-state index contributed by atoms with van der Waals surface area (Å²) in [6, 6.07) is 2.91. The maximum Gasteiger partial charge on any atom is 0.256 e. The van der Waals surface area contributed by atoms with Crippen LogP contribution in [0.4, 0.5) is 26.2 Å². The van der Waals surface area contributed by atoms with Gasteiger partial charge in [0.25, 0.3) is 5.91 Å². The smallest absolute Gasteiger partial charge is 0.256 e. The molecule has 0 aliphatic heterocycles. The largest absolute Gasteiger partial charge is 0.365 e.